The number of nitrogens with zero attached hydrogens (tertiary/aromatic N) is 2. The van der Waals surface area contributed by atoms with Crippen molar-refractivity contribution in [1.29, 1.82) is 0 Å². The number of fused-ring (bicyclic) bond motifs is 1. The molecule has 0 saturated heterocycles. The van der Waals surface area contributed by atoms with Crippen molar-refractivity contribution in [1.82, 2.24) is 9.55 Å². The predicted molar refractivity (Wildman–Crippen MR) is 144 cm³/mol. The molecule has 1 aliphatic rings. The summed E-state index contributed by atoms with van der Waals surface area (Å²) in [4.78, 5) is 18.1. The maximum absolute atomic E-state index is 14.0. The third-order valence-corrected chi connectivity index (χ3v) is 7.17. The molecule has 6 heteroatoms. The molecule has 0 N–H and O–H groups in total. The van der Waals surface area contributed by atoms with Crippen molar-refractivity contribution in [3.63, 3.8) is 0 Å². The van der Waals surface area contributed by atoms with Crippen LogP contribution in [0.1, 0.15) is 46.7 Å². The van der Waals surface area contributed by atoms with E-state index in [9.17, 15) is 13.6 Å². The average molecular weight is 517 g/mol. The number of rotatable bonds is 8. The lowest BCUT2D eigenvalue weighted by Crippen LogP contribution is -2.13. The van der Waals surface area contributed by atoms with Gasteiger partial charge in [-0.25, -0.2) is 13.8 Å². The fourth-order valence-corrected chi connectivity index (χ4v) is 5.35. The van der Waals surface area contributed by atoms with Crippen LogP contribution >= 0.6 is 11.6 Å². The summed E-state index contributed by atoms with van der Waals surface area (Å²) in [6, 6.07) is 17.3. The summed E-state index contributed by atoms with van der Waals surface area (Å²) < 4.78 is 30.0. The number of aromatic nitrogens is 2. The normalized spacial score (nSPS) is 13.4. The number of allylic oxidation sites excluding steroid dienone is 2. The van der Waals surface area contributed by atoms with E-state index in [-0.39, 0.29) is 24.5 Å². The van der Waals surface area contributed by atoms with Crippen molar-refractivity contribution in [2.45, 2.75) is 38.5 Å². The first kappa shape index (κ1) is 25.1. The topological polar surface area (TPSA) is 34.9 Å². The van der Waals surface area contributed by atoms with E-state index in [1.807, 2.05) is 42.8 Å². The van der Waals surface area contributed by atoms with Crippen LogP contribution in [0.4, 0.5) is 8.78 Å². The van der Waals surface area contributed by atoms with Crippen LogP contribution in [0.2, 0.25) is 5.02 Å². The fourth-order valence-electron chi connectivity index (χ4n) is 5.22. The molecule has 1 heterocycles. The number of benzene rings is 3. The molecule has 0 radical (unpaired) electrons. The standard InChI is InChI=1S/C31H27ClF2N2O/c1-19-3-4-21-5-6-23(29(21)11-19)15-28(37)16-24(12-20-13-26(33)17-27(34)14-20)30-31(36(2)18-35-30)22-7-9-25(32)10-8-22/h3-4,6-11,13-14,17-18,24H,5,12,15-16H2,1-2H3. The highest BCUT2D eigenvalue weighted by Crippen LogP contribution is 2.36. The molecule has 0 bridgehead atoms. The zero-order chi connectivity index (χ0) is 26.1. The molecule has 0 amide bonds. The Balaban J connectivity index is 1.47. The van der Waals surface area contributed by atoms with Gasteiger partial charge in [-0.05, 0) is 66.3 Å². The van der Waals surface area contributed by atoms with E-state index in [2.05, 4.69) is 29.3 Å². The summed E-state index contributed by atoms with van der Waals surface area (Å²) in [5.41, 5.74) is 7.54. The minimum Gasteiger partial charge on any atom is -0.334 e. The number of imidazole rings is 1. The molecule has 3 aromatic carbocycles. The van der Waals surface area contributed by atoms with Crippen LogP contribution in [0.3, 0.4) is 0 Å². The van der Waals surface area contributed by atoms with Crippen molar-refractivity contribution in [2.75, 3.05) is 0 Å². The monoisotopic (exact) mass is 516 g/mol. The van der Waals surface area contributed by atoms with E-state index < -0.39 is 11.6 Å². The van der Waals surface area contributed by atoms with Crippen molar-refractivity contribution in [3.8, 4) is 11.3 Å². The number of carbonyl (C=O) groups is 1. The largest absolute Gasteiger partial charge is 0.334 e. The molecule has 37 heavy (non-hydrogen) atoms. The van der Waals surface area contributed by atoms with Gasteiger partial charge in [-0.1, -0.05) is 53.6 Å². The van der Waals surface area contributed by atoms with Gasteiger partial charge in [0.2, 0.25) is 0 Å². The van der Waals surface area contributed by atoms with Gasteiger partial charge in [-0.2, -0.15) is 0 Å². The first-order chi connectivity index (χ1) is 17.8. The number of halogens is 3. The highest BCUT2D eigenvalue weighted by molar-refractivity contribution is 6.30. The van der Waals surface area contributed by atoms with E-state index in [1.165, 1.54) is 17.7 Å². The second-order valence-corrected chi connectivity index (χ2v) is 10.2. The molecule has 0 spiro atoms. The van der Waals surface area contributed by atoms with E-state index in [0.29, 0.717) is 17.0 Å². The third kappa shape index (κ3) is 5.57. The Hall–Kier alpha value is -3.57. The van der Waals surface area contributed by atoms with Crippen molar-refractivity contribution in [3.05, 3.63) is 118 Å². The molecule has 0 saturated carbocycles. The molecule has 5 rings (SSSR count). The lowest BCUT2D eigenvalue weighted by atomic mass is 9.87. The predicted octanol–water partition coefficient (Wildman–Crippen LogP) is 7.64. The molecule has 1 aromatic heterocycles. The molecule has 1 unspecified atom stereocenters. The van der Waals surface area contributed by atoms with Gasteiger partial charge < -0.3 is 4.57 Å². The quantitative estimate of drug-likeness (QED) is 0.241. The highest BCUT2D eigenvalue weighted by atomic mass is 35.5. The van der Waals surface area contributed by atoms with Crippen LogP contribution in [-0.2, 0) is 24.7 Å². The molecule has 4 aromatic rings. The van der Waals surface area contributed by atoms with Gasteiger partial charge in [0.05, 0.1) is 17.7 Å². The summed E-state index contributed by atoms with van der Waals surface area (Å²) in [5.74, 6) is -1.57. The van der Waals surface area contributed by atoms with Gasteiger partial charge in [0, 0.05) is 42.5 Å². The Morgan fingerprint density at radius 2 is 1.78 bits per heavy atom. The Kier molecular flexibility index (Phi) is 7.07. The SMILES string of the molecule is Cc1ccc2c(c1)C(CC(=O)CC(Cc1cc(F)cc(F)c1)c1ncn(C)c1-c1ccc(Cl)cc1)=CC2. The number of Topliss-reactive ketones (excluding diaryl/α,β-unsaturated/α-hetero) is 1. The zero-order valence-electron chi connectivity index (χ0n) is 20.8. The maximum atomic E-state index is 14.0. The third-order valence-electron chi connectivity index (χ3n) is 6.92. The second kappa shape index (κ2) is 10.4. The highest BCUT2D eigenvalue weighted by Gasteiger charge is 2.26. The number of carbonyl (C=O) groups excluding carboxylic acids is 1. The second-order valence-electron chi connectivity index (χ2n) is 9.79. The molecular weight excluding hydrogens is 490 g/mol. The van der Waals surface area contributed by atoms with Gasteiger partial charge in [0.25, 0.3) is 0 Å². The fraction of sp³-hybridized carbons (Fsp3) is 0.226. The van der Waals surface area contributed by atoms with Crippen LogP contribution < -0.4 is 0 Å². The van der Waals surface area contributed by atoms with E-state index >= 15 is 0 Å². The van der Waals surface area contributed by atoms with Gasteiger partial charge in [0.1, 0.15) is 17.4 Å². The van der Waals surface area contributed by atoms with Gasteiger partial charge in [0.15, 0.2) is 0 Å². The lowest BCUT2D eigenvalue weighted by Gasteiger charge is -2.18. The summed E-state index contributed by atoms with van der Waals surface area (Å²) in [6.45, 7) is 2.05. The smallest absolute Gasteiger partial charge is 0.137 e. The maximum Gasteiger partial charge on any atom is 0.137 e. The number of ketones is 1. The molecule has 1 atom stereocenters. The van der Waals surface area contributed by atoms with Crippen molar-refractivity contribution >= 4 is 23.0 Å². The number of hydrogen-bond donors (Lipinski definition) is 0. The summed E-state index contributed by atoms with van der Waals surface area (Å²) in [5, 5.41) is 0.620. The summed E-state index contributed by atoms with van der Waals surface area (Å²) in [7, 11) is 1.89. The zero-order valence-corrected chi connectivity index (χ0v) is 21.5. The first-order valence-corrected chi connectivity index (χ1v) is 12.7. The van der Waals surface area contributed by atoms with Gasteiger partial charge in [-0.15, -0.1) is 0 Å². The lowest BCUT2D eigenvalue weighted by molar-refractivity contribution is -0.118. The van der Waals surface area contributed by atoms with Crippen LogP contribution in [0.5, 0.6) is 0 Å². The average Bonchev–Trinajstić information content (AvgIpc) is 3.41. The van der Waals surface area contributed by atoms with Crippen LogP contribution in [0, 0.1) is 18.6 Å². The number of aryl methyl sites for hydroxylation is 2. The minimum absolute atomic E-state index is 0.0650. The minimum atomic E-state index is -0.637. The molecule has 0 fully saturated rings. The molecule has 3 nitrogen and oxygen atoms in total. The van der Waals surface area contributed by atoms with E-state index in [0.717, 1.165) is 46.1 Å². The van der Waals surface area contributed by atoms with E-state index in [1.54, 1.807) is 6.33 Å². The Morgan fingerprint density at radius 3 is 2.51 bits per heavy atom. The molecule has 1 aliphatic carbocycles. The van der Waals surface area contributed by atoms with Crippen molar-refractivity contribution < 1.29 is 13.6 Å². The first-order valence-electron chi connectivity index (χ1n) is 12.3. The molecule has 0 aliphatic heterocycles. The summed E-state index contributed by atoms with van der Waals surface area (Å²) >= 11 is 6.10. The molecule has 188 valence electrons. The number of hydrogen-bond acceptors (Lipinski definition) is 2. The Morgan fingerprint density at radius 1 is 1.05 bits per heavy atom. The van der Waals surface area contributed by atoms with Crippen LogP contribution in [0.15, 0.2) is 73.1 Å². The van der Waals surface area contributed by atoms with Crippen LogP contribution in [0.25, 0.3) is 16.8 Å². The van der Waals surface area contributed by atoms with Crippen molar-refractivity contribution in [2.24, 2.45) is 7.05 Å². The van der Waals surface area contributed by atoms with Gasteiger partial charge >= 0.3 is 0 Å². The van der Waals surface area contributed by atoms with Crippen LogP contribution in [-0.4, -0.2) is 15.3 Å². The Bertz CT molecular complexity index is 1480. The Labute approximate surface area is 220 Å². The molecular formula is C31H27ClF2N2O. The van der Waals surface area contributed by atoms with E-state index in [4.69, 9.17) is 11.6 Å². The summed E-state index contributed by atoms with van der Waals surface area (Å²) in [6.07, 6.45) is 5.46. The van der Waals surface area contributed by atoms with Gasteiger partial charge in [-0.3, -0.25) is 4.79 Å².